The van der Waals surface area contributed by atoms with Gasteiger partial charge in [-0.3, -0.25) is 4.79 Å². The molecular weight excluding hydrogens is 276 g/mol. The Labute approximate surface area is 136 Å². The van der Waals surface area contributed by atoms with Crippen molar-refractivity contribution in [2.45, 2.75) is 53.0 Å². The van der Waals surface area contributed by atoms with Gasteiger partial charge >= 0.3 is 0 Å². The zero-order valence-corrected chi connectivity index (χ0v) is 15.2. The van der Waals surface area contributed by atoms with Crippen LogP contribution in [0.1, 0.15) is 47.0 Å². The number of likely N-dealkylation sites (N-methyl/N-ethyl adjacent to an activating group) is 1. The molecule has 0 radical (unpaired) electrons. The van der Waals surface area contributed by atoms with Gasteiger partial charge in [-0.2, -0.15) is 0 Å². The minimum atomic E-state index is -0.0103. The monoisotopic (exact) mass is 310 g/mol. The number of aliphatic imine (C=N–C) groups is 1. The van der Waals surface area contributed by atoms with Gasteiger partial charge in [-0.1, -0.05) is 38.8 Å². The Morgan fingerprint density at radius 3 is 2.36 bits per heavy atom. The highest BCUT2D eigenvalue weighted by Crippen LogP contribution is 2.08. The molecule has 128 valence electrons. The maximum absolute atomic E-state index is 11.7. The second kappa shape index (κ2) is 11.1. The van der Waals surface area contributed by atoms with E-state index in [0.717, 1.165) is 17.9 Å². The Balaban J connectivity index is 4.47. The first-order chi connectivity index (χ1) is 10.2. The molecule has 0 aromatic heterocycles. The van der Waals surface area contributed by atoms with Crippen LogP contribution in [0.4, 0.5) is 0 Å². The summed E-state index contributed by atoms with van der Waals surface area (Å²) in [6.45, 7) is 13.3. The molecule has 1 unspecified atom stereocenters. The summed E-state index contributed by atoms with van der Waals surface area (Å²) in [6.07, 6.45) is 3.51. The summed E-state index contributed by atoms with van der Waals surface area (Å²) < 4.78 is 0. The lowest BCUT2D eigenvalue weighted by Crippen LogP contribution is -2.43. The molecule has 0 fully saturated rings. The first-order valence-electron chi connectivity index (χ1n) is 8.11. The Morgan fingerprint density at radius 1 is 1.23 bits per heavy atom. The highest BCUT2D eigenvalue weighted by atomic mass is 16.2. The smallest absolute Gasteiger partial charge is 0.243 e. The lowest BCUT2D eigenvalue weighted by atomic mass is 10.0. The van der Waals surface area contributed by atoms with Gasteiger partial charge < -0.3 is 15.5 Å². The van der Waals surface area contributed by atoms with Crippen LogP contribution in [0.5, 0.6) is 0 Å². The fourth-order valence-electron chi connectivity index (χ4n) is 1.81. The van der Waals surface area contributed by atoms with Crippen molar-refractivity contribution in [3.8, 4) is 0 Å². The van der Waals surface area contributed by atoms with Crippen LogP contribution >= 0.6 is 0 Å². The van der Waals surface area contributed by atoms with Gasteiger partial charge in [0, 0.05) is 26.7 Å². The van der Waals surface area contributed by atoms with Crippen molar-refractivity contribution in [1.29, 1.82) is 0 Å². The Kier molecular flexibility index (Phi) is 10.3. The van der Waals surface area contributed by atoms with Crippen LogP contribution < -0.4 is 10.6 Å². The molecule has 0 heterocycles. The van der Waals surface area contributed by atoms with Crippen LogP contribution in [-0.4, -0.2) is 50.0 Å². The number of nitrogens with one attached hydrogen (secondary N) is 2. The minimum absolute atomic E-state index is 0.0103. The van der Waals surface area contributed by atoms with Crippen LogP contribution in [0.3, 0.4) is 0 Å². The van der Waals surface area contributed by atoms with Gasteiger partial charge in [-0.25, -0.2) is 4.99 Å². The van der Waals surface area contributed by atoms with Gasteiger partial charge in [-0.05, 0) is 26.2 Å². The molecule has 0 aliphatic heterocycles. The summed E-state index contributed by atoms with van der Waals surface area (Å²) in [7, 11) is 3.47. The van der Waals surface area contributed by atoms with Gasteiger partial charge in [0.2, 0.25) is 5.91 Å². The van der Waals surface area contributed by atoms with Crippen LogP contribution in [0.25, 0.3) is 0 Å². The number of nitrogens with zero attached hydrogens (tertiary/aromatic N) is 2. The predicted octanol–water partition coefficient (Wildman–Crippen LogP) is 2.40. The number of carbonyl (C=O) groups excluding carboxylic acids is 1. The number of hydrogen-bond acceptors (Lipinski definition) is 2. The molecule has 0 rings (SSSR count). The third kappa shape index (κ3) is 11.2. The van der Waals surface area contributed by atoms with Gasteiger partial charge in [0.15, 0.2) is 5.96 Å². The molecular formula is C17H34N4O. The topological polar surface area (TPSA) is 56.7 Å². The summed E-state index contributed by atoms with van der Waals surface area (Å²) in [5, 5.41) is 6.58. The van der Waals surface area contributed by atoms with E-state index in [0.29, 0.717) is 18.5 Å². The van der Waals surface area contributed by atoms with E-state index in [4.69, 9.17) is 0 Å². The molecule has 0 aliphatic rings. The van der Waals surface area contributed by atoms with Crippen LogP contribution in [0, 0.1) is 5.92 Å². The quantitative estimate of drug-likeness (QED) is 0.391. The normalized spacial score (nSPS) is 13.0. The predicted molar refractivity (Wildman–Crippen MR) is 95.1 cm³/mol. The summed E-state index contributed by atoms with van der Waals surface area (Å²) in [5.41, 5.74) is 1.03. The Morgan fingerprint density at radius 2 is 1.86 bits per heavy atom. The third-order valence-electron chi connectivity index (χ3n) is 3.23. The Hall–Kier alpha value is -1.52. The molecule has 0 spiro atoms. The summed E-state index contributed by atoms with van der Waals surface area (Å²) in [4.78, 5) is 17.6. The average Bonchev–Trinajstić information content (AvgIpc) is 2.40. The largest absolute Gasteiger partial charge is 0.354 e. The molecule has 1 amide bonds. The third-order valence-corrected chi connectivity index (χ3v) is 3.23. The molecule has 1 atom stereocenters. The van der Waals surface area contributed by atoms with E-state index in [-0.39, 0.29) is 12.5 Å². The van der Waals surface area contributed by atoms with E-state index in [1.165, 1.54) is 12.8 Å². The summed E-state index contributed by atoms with van der Waals surface area (Å²) in [5.74, 6) is 1.40. The molecule has 0 aromatic rings. The van der Waals surface area contributed by atoms with Gasteiger partial charge in [0.05, 0.1) is 0 Å². The van der Waals surface area contributed by atoms with Crippen LogP contribution in [-0.2, 0) is 4.79 Å². The molecule has 0 saturated heterocycles. The number of guanidine groups is 1. The number of carbonyl (C=O) groups is 1. The molecule has 5 heteroatoms. The van der Waals surface area contributed by atoms with E-state index < -0.39 is 0 Å². The minimum Gasteiger partial charge on any atom is -0.354 e. The first-order valence-corrected chi connectivity index (χ1v) is 8.11. The fraction of sp³-hybridized carbons (Fsp3) is 0.765. The lowest BCUT2D eigenvalue weighted by molar-refractivity contribution is -0.127. The second-order valence-electron chi connectivity index (χ2n) is 6.63. The van der Waals surface area contributed by atoms with Crippen molar-refractivity contribution in [1.82, 2.24) is 15.5 Å². The van der Waals surface area contributed by atoms with Crippen LogP contribution in [0.15, 0.2) is 17.1 Å². The van der Waals surface area contributed by atoms with Gasteiger partial charge in [0.1, 0.15) is 6.54 Å². The average molecular weight is 310 g/mol. The summed E-state index contributed by atoms with van der Waals surface area (Å²) >= 11 is 0. The van der Waals surface area contributed by atoms with E-state index in [2.05, 4.69) is 43.0 Å². The molecule has 5 nitrogen and oxygen atoms in total. The van der Waals surface area contributed by atoms with Crippen molar-refractivity contribution < 1.29 is 4.79 Å². The molecule has 22 heavy (non-hydrogen) atoms. The lowest BCUT2D eigenvalue weighted by Gasteiger charge is -2.19. The first kappa shape index (κ1) is 20.5. The van der Waals surface area contributed by atoms with Crippen LogP contribution in [0.2, 0.25) is 0 Å². The van der Waals surface area contributed by atoms with E-state index in [1.54, 1.807) is 19.0 Å². The molecule has 0 aliphatic carbocycles. The number of hydrogen-bond donors (Lipinski definition) is 2. The highest BCUT2D eigenvalue weighted by Gasteiger charge is 2.08. The molecule has 0 bridgehead atoms. The SMILES string of the molecule is C=C(C)CNC(=NCC(=O)N(C)C)NC(C)CCCC(C)C. The second-order valence-corrected chi connectivity index (χ2v) is 6.63. The molecule has 2 N–H and O–H groups in total. The number of rotatable bonds is 9. The molecule has 0 saturated carbocycles. The summed E-state index contributed by atoms with van der Waals surface area (Å²) in [6, 6.07) is 0.324. The fourth-order valence-corrected chi connectivity index (χ4v) is 1.81. The van der Waals surface area contributed by atoms with Crippen molar-refractivity contribution >= 4 is 11.9 Å². The standard InChI is InChI=1S/C17H34N4O/c1-13(2)9-8-10-15(5)20-17(18-11-14(3)4)19-12-16(22)21(6)7/h13,15H,3,8-12H2,1-2,4-7H3,(H2,18,19,20). The van der Waals surface area contributed by atoms with E-state index in [1.807, 2.05) is 6.92 Å². The van der Waals surface area contributed by atoms with Crippen molar-refractivity contribution in [3.63, 3.8) is 0 Å². The highest BCUT2D eigenvalue weighted by molar-refractivity contribution is 5.85. The van der Waals surface area contributed by atoms with E-state index >= 15 is 0 Å². The Bertz CT molecular complexity index is 375. The van der Waals surface area contributed by atoms with Gasteiger partial charge in [0.25, 0.3) is 0 Å². The maximum Gasteiger partial charge on any atom is 0.243 e. The van der Waals surface area contributed by atoms with Crippen molar-refractivity contribution in [2.75, 3.05) is 27.2 Å². The zero-order valence-electron chi connectivity index (χ0n) is 15.2. The van der Waals surface area contributed by atoms with E-state index in [9.17, 15) is 4.79 Å². The maximum atomic E-state index is 11.7. The van der Waals surface area contributed by atoms with Crippen molar-refractivity contribution in [2.24, 2.45) is 10.9 Å². The number of amides is 1. The molecule has 0 aromatic carbocycles. The van der Waals surface area contributed by atoms with Crippen molar-refractivity contribution in [3.05, 3.63) is 12.2 Å². The zero-order chi connectivity index (χ0) is 17.1. The van der Waals surface area contributed by atoms with Gasteiger partial charge in [-0.15, -0.1) is 0 Å².